The van der Waals surface area contributed by atoms with E-state index >= 15 is 0 Å². The standard InChI is InChI=1S/C15H24N2O3S/c1-5-12(3)16-15(18)11-17(21(4,19)20)14-9-7-13(6-2)8-10-14/h7-10,12H,5-6,11H2,1-4H3,(H,16,18)/t12-/m1/s1. The third kappa shape index (κ3) is 5.38. The number of benzene rings is 1. The van der Waals surface area contributed by atoms with Gasteiger partial charge in [-0.2, -0.15) is 0 Å². The fourth-order valence-electron chi connectivity index (χ4n) is 1.85. The summed E-state index contributed by atoms with van der Waals surface area (Å²) in [5, 5.41) is 2.78. The van der Waals surface area contributed by atoms with Crippen LogP contribution >= 0.6 is 0 Å². The summed E-state index contributed by atoms with van der Waals surface area (Å²) in [4.78, 5) is 11.9. The first-order chi connectivity index (χ1) is 9.77. The van der Waals surface area contributed by atoms with E-state index in [1.54, 1.807) is 12.1 Å². The summed E-state index contributed by atoms with van der Waals surface area (Å²) >= 11 is 0. The lowest BCUT2D eigenvalue weighted by Crippen LogP contribution is -2.43. The van der Waals surface area contributed by atoms with Crippen LogP contribution in [0.2, 0.25) is 0 Å². The first kappa shape index (κ1) is 17.5. The number of anilines is 1. The molecular formula is C15H24N2O3S. The van der Waals surface area contributed by atoms with E-state index in [4.69, 9.17) is 0 Å². The normalized spacial score (nSPS) is 12.8. The van der Waals surface area contributed by atoms with Gasteiger partial charge in [-0.15, -0.1) is 0 Å². The lowest BCUT2D eigenvalue weighted by molar-refractivity contribution is -0.120. The van der Waals surface area contributed by atoms with Crippen molar-refractivity contribution in [3.63, 3.8) is 0 Å². The van der Waals surface area contributed by atoms with Gasteiger partial charge in [0, 0.05) is 6.04 Å². The van der Waals surface area contributed by atoms with Crippen LogP contribution in [0.5, 0.6) is 0 Å². The highest BCUT2D eigenvalue weighted by Crippen LogP contribution is 2.18. The number of rotatable bonds is 7. The van der Waals surface area contributed by atoms with Gasteiger partial charge in [0.2, 0.25) is 15.9 Å². The minimum Gasteiger partial charge on any atom is -0.352 e. The van der Waals surface area contributed by atoms with Gasteiger partial charge in [0.05, 0.1) is 11.9 Å². The van der Waals surface area contributed by atoms with Gasteiger partial charge in [-0.1, -0.05) is 26.0 Å². The molecule has 0 spiro atoms. The van der Waals surface area contributed by atoms with Crippen LogP contribution in [0.15, 0.2) is 24.3 Å². The Morgan fingerprint density at radius 3 is 2.24 bits per heavy atom. The molecule has 0 aliphatic rings. The Bertz CT molecular complexity index is 567. The molecular weight excluding hydrogens is 288 g/mol. The maximum Gasteiger partial charge on any atom is 0.240 e. The summed E-state index contributed by atoms with van der Waals surface area (Å²) in [7, 11) is -3.50. The summed E-state index contributed by atoms with van der Waals surface area (Å²) in [6, 6.07) is 7.24. The van der Waals surface area contributed by atoms with Crippen molar-refractivity contribution in [1.82, 2.24) is 5.32 Å². The number of nitrogens with one attached hydrogen (secondary N) is 1. The van der Waals surface area contributed by atoms with Gasteiger partial charge >= 0.3 is 0 Å². The molecule has 5 nitrogen and oxygen atoms in total. The summed E-state index contributed by atoms with van der Waals surface area (Å²) < 4.78 is 25.0. The second-order valence-electron chi connectivity index (χ2n) is 5.17. The van der Waals surface area contributed by atoms with Crippen LogP contribution in [0, 0.1) is 0 Å². The highest BCUT2D eigenvalue weighted by molar-refractivity contribution is 7.92. The van der Waals surface area contributed by atoms with Crippen LogP contribution in [0.3, 0.4) is 0 Å². The molecule has 21 heavy (non-hydrogen) atoms. The van der Waals surface area contributed by atoms with Gasteiger partial charge in [-0.25, -0.2) is 8.42 Å². The molecule has 1 rings (SSSR count). The Balaban J connectivity index is 2.93. The van der Waals surface area contributed by atoms with Crippen LogP contribution in [0.25, 0.3) is 0 Å². The highest BCUT2D eigenvalue weighted by atomic mass is 32.2. The second-order valence-corrected chi connectivity index (χ2v) is 7.07. The average Bonchev–Trinajstić information content (AvgIpc) is 2.43. The van der Waals surface area contributed by atoms with Crippen LogP contribution in [0.4, 0.5) is 5.69 Å². The number of sulfonamides is 1. The van der Waals surface area contributed by atoms with Crippen molar-refractivity contribution >= 4 is 21.6 Å². The lowest BCUT2D eigenvalue weighted by Gasteiger charge is -2.23. The number of aryl methyl sites for hydroxylation is 1. The minimum absolute atomic E-state index is 0.0291. The zero-order valence-electron chi connectivity index (χ0n) is 13.1. The van der Waals surface area contributed by atoms with Crippen molar-refractivity contribution in [3.8, 4) is 0 Å². The fourth-order valence-corrected chi connectivity index (χ4v) is 2.71. The SMILES string of the molecule is CCc1ccc(N(CC(=O)N[C@H](C)CC)S(C)(=O)=O)cc1. The fraction of sp³-hybridized carbons (Fsp3) is 0.533. The van der Waals surface area contributed by atoms with Crippen LogP contribution < -0.4 is 9.62 Å². The number of hydrogen-bond acceptors (Lipinski definition) is 3. The molecule has 1 amide bonds. The summed E-state index contributed by atoms with van der Waals surface area (Å²) in [5.74, 6) is -0.297. The van der Waals surface area contributed by atoms with Gasteiger partial charge in [0.25, 0.3) is 0 Å². The van der Waals surface area contributed by atoms with Crippen LogP contribution in [-0.4, -0.2) is 33.2 Å². The molecule has 1 atom stereocenters. The Hall–Kier alpha value is -1.56. The molecule has 1 aromatic carbocycles. The van der Waals surface area contributed by atoms with Crippen molar-refractivity contribution in [2.24, 2.45) is 0 Å². The largest absolute Gasteiger partial charge is 0.352 e. The molecule has 0 aromatic heterocycles. The number of nitrogens with zero attached hydrogens (tertiary/aromatic N) is 1. The van der Waals surface area contributed by atoms with E-state index in [2.05, 4.69) is 5.32 Å². The molecule has 0 saturated heterocycles. The third-order valence-corrected chi connectivity index (χ3v) is 4.48. The molecule has 0 unspecified atom stereocenters. The van der Waals surface area contributed by atoms with Crippen molar-refractivity contribution in [3.05, 3.63) is 29.8 Å². The zero-order valence-corrected chi connectivity index (χ0v) is 13.9. The number of hydrogen-bond donors (Lipinski definition) is 1. The quantitative estimate of drug-likeness (QED) is 0.836. The van der Waals surface area contributed by atoms with Crippen LogP contribution in [-0.2, 0) is 21.2 Å². The molecule has 0 radical (unpaired) electrons. The average molecular weight is 312 g/mol. The summed E-state index contributed by atoms with van der Waals surface area (Å²) in [6.45, 7) is 5.68. The molecule has 1 aromatic rings. The number of carbonyl (C=O) groups is 1. The van der Waals surface area contributed by atoms with Crippen molar-refractivity contribution in [2.45, 2.75) is 39.7 Å². The third-order valence-electron chi connectivity index (χ3n) is 3.34. The van der Waals surface area contributed by atoms with Gasteiger partial charge < -0.3 is 5.32 Å². The van der Waals surface area contributed by atoms with Crippen molar-refractivity contribution in [2.75, 3.05) is 17.1 Å². The molecule has 6 heteroatoms. The van der Waals surface area contributed by atoms with Gasteiger partial charge in [0.1, 0.15) is 6.54 Å². The van der Waals surface area contributed by atoms with E-state index < -0.39 is 10.0 Å². The Morgan fingerprint density at radius 1 is 1.24 bits per heavy atom. The molecule has 0 aliphatic heterocycles. The molecule has 0 saturated carbocycles. The second kappa shape index (κ2) is 7.45. The maximum atomic E-state index is 11.9. The topological polar surface area (TPSA) is 66.5 Å². The van der Waals surface area contributed by atoms with E-state index in [0.29, 0.717) is 5.69 Å². The molecule has 1 N–H and O–H groups in total. The predicted molar refractivity (Wildman–Crippen MR) is 85.9 cm³/mol. The number of amides is 1. The Labute approximate surface area is 127 Å². The Kier molecular flexibility index (Phi) is 6.20. The van der Waals surface area contributed by atoms with Crippen molar-refractivity contribution < 1.29 is 13.2 Å². The zero-order chi connectivity index (χ0) is 16.0. The monoisotopic (exact) mass is 312 g/mol. The lowest BCUT2D eigenvalue weighted by atomic mass is 10.1. The number of carbonyl (C=O) groups excluding carboxylic acids is 1. The van der Waals surface area contributed by atoms with E-state index in [1.165, 1.54) is 0 Å². The molecule has 0 fully saturated rings. The maximum absolute atomic E-state index is 11.9. The molecule has 0 bridgehead atoms. The molecule has 118 valence electrons. The predicted octanol–water partition coefficient (Wildman–Crippen LogP) is 1.93. The first-order valence-corrected chi connectivity index (χ1v) is 8.98. The minimum atomic E-state index is -3.50. The highest BCUT2D eigenvalue weighted by Gasteiger charge is 2.21. The van der Waals surface area contributed by atoms with E-state index in [1.807, 2.05) is 32.9 Å². The molecule has 0 heterocycles. The van der Waals surface area contributed by atoms with Gasteiger partial charge in [-0.3, -0.25) is 9.10 Å². The summed E-state index contributed by atoms with van der Waals surface area (Å²) in [5.41, 5.74) is 1.63. The first-order valence-electron chi connectivity index (χ1n) is 7.14. The van der Waals surface area contributed by atoms with Gasteiger partial charge in [0.15, 0.2) is 0 Å². The summed E-state index contributed by atoms with van der Waals surface area (Å²) in [6.07, 6.45) is 2.79. The van der Waals surface area contributed by atoms with E-state index in [0.717, 1.165) is 29.0 Å². The van der Waals surface area contributed by atoms with E-state index in [-0.39, 0.29) is 18.5 Å². The van der Waals surface area contributed by atoms with Gasteiger partial charge in [-0.05, 0) is 37.5 Å². The van der Waals surface area contributed by atoms with Crippen LogP contribution in [0.1, 0.15) is 32.8 Å². The Morgan fingerprint density at radius 2 is 1.81 bits per heavy atom. The van der Waals surface area contributed by atoms with E-state index in [9.17, 15) is 13.2 Å². The molecule has 0 aliphatic carbocycles. The smallest absolute Gasteiger partial charge is 0.240 e. The van der Waals surface area contributed by atoms with Crippen molar-refractivity contribution in [1.29, 1.82) is 0 Å².